The molecule has 0 atom stereocenters. The summed E-state index contributed by atoms with van der Waals surface area (Å²) in [5.74, 6) is -0.494. The Kier molecular flexibility index (Phi) is 4.42. The molecule has 0 saturated carbocycles. The summed E-state index contributed by atoms with van der Waals surface area (Å²) in [4.78, 5) is 14.1. The topological polar surface area (TPSA) is 78.5 Å². The first-order chi connectivity index (χ1) is 11.1. The molecule has 120 valence electrons. The Morgan fingerprint density at radius 2 is 1.61 bits per heavy atom. The van der Waals surface area contributed by atoms with Crippen LogP contribution in [0.5, 0.6) is 0 Å². The lowest BCUT2D eigenvalue weighted by molar-refractivity contribution is 0.0944. The van der Waals surface area contributed by atoms with Gasteiger partial charge in [0.05, 0.1) is 0 Å². The standard InChI is InChI=1S/C16H17N3O3S/c20-16(14-7-2-1-3-8-14)17-18-23(21,22)19-11-10-13-6-4-5-9-15(13)12-19/h1-9,18H,10-12H2,(H,17,20). The Hall–Kier alpha value is -2.22. The van der Waals surface area contributed by atoms with Crippen LogP contribution < -0.4 is 10.3 Å². The SMILES string of the molecule is O=C(NNS(=O)(=O)N1CCc2ccccc2C1)c1ccccc1. The molecule has 0 radical (unpaired) electrons. The van der Waals surface area contributed by atoms with E-state index in [2.05, 4.69) is 10.3 Å². The number of rotatable bonds is 4. The fraction of sp³-hybridized carbons (Fsp3) is 0.188. The maximum absolute atomic E-state index is 12.3. The molecule has 1 aliphatic rings. The lowest BCUT2D eigenvalue weighted by Gasteiger charge is -2.28. The Balaban J connectivity index is 1.65. The highest BCUT2D eigenvalue weighted by Crippen LogP contribution is 2.19. The highest BCUT2D eigenvalue weighted by Gasteiger charge is 2.26. The van der Waals surface area contributed by atoms with Crippen molar-refractivity contribution in [2.24, 2.45) is 0 Å². The molecule has 2 aromatic rings. The summed E-state index contributed by atoms with van der Waals surface area (Å²) in [7, 11) is -3.78. The number of benzene rings is 2. The molecule has 0 saturated heterocycles. The van der Waals surface area contributed by atoms with Crippen LogP contribution in [0.4, 0.5) is 0 Å². The van der Waals surface area contributed by atoms with Crippen LogP contribution in [0.25, 0.3) is 0 Å². The molecule has 0 bridgehead atoms. The molecule has 2 aromatic carbocycles. The van der Waals surface area contributed by atoms with Crippen molar-refractivity contribution in [2.75, 3.05) is 6.54 Å². The van der Waals surface area contributed by atoms with Gasteiger partial charge in [-0.1, -0.05) is 42.5 Å². The largest absolute Gasteiger partial charge is 0.296 e. The molecule has 1 aliphatic heterocycles. The number of hydrazine groups is 1. The van der Waals surface area contributed by atoms with Crippen LogP contribution in [0, 0.1) is 0 Å². The molecule has 0 fully saturated rings. The van der Waals surface area contributed by atoms with Crippen LogP contribution in [0.15, 0.2) is 54.6 Å². The number of fused-ring (bicyclic) bond motifs is 1. The minimum Gasteiger partial charge on any atom is -0.273 e. The van der Waals surface area contributed by atoms with E-state index in [9.17, 15) is 13.2 Å². The van der Waals surface area contributed by atoms with Gasteiger partial charge in [-0.3, -0.25) is 10.2 Å². The summed E-state index contributed by atoms with van der Waals surface area (Å²) in [6.07, 6.45) is 0.656. The highest BCUT2D eigenvalue weighted by atomic mass is 32.2. The second kappa shape index (κ2) is 6.49. The maximum Gasteiger partial charge on any atom is 0.296 e. The van der Waals surface area contributed by atoms with E-state index in [4.69, 9.17) is 0 Å². The third-order valence-electron chi connectivity index (χ3n) is 3.77. The lowest BCUT2D eigenvalue weighted by Crippen LogP contribution is -2.50. The fourth-order valence-electron chi connectivity index (χ4n) is 2.51. The van der Waals surface area contributed by atoms with Crippen molar-refractivity contribution in [3.05, 3.63) is 71.3 Å². The zero-order valence-corrected chi connectivity index (χ0v) is 13.2. The summed E-state index contributed by atoms with van der Waals surface area (Å²) in [5.41, 5.74) is 4.77. The van der Waals surface area contributed by atoms with Crippen LogP contribution in [-0.2, 0) is 23.2 Å². The van der Waals surface area contributed by atoms with E-state index in [-0.39, 0.29) is 0 Å². The predicted molar refractivity (Wildman–Crippen MR) is 86.5 cm³/mol. The van der Waals surface area contributed by atoms with Crippen LogP contribution in [0.1, 0.15) is 21.5 Å². The Morgan fingerprint density at radius 1 is 0.957 bits per heavy atom. The molecule has 1 heterocycles. The molecular weight excluding hydrogens is 314 g/mol. The van der Waals surface area contributed by atoms with Gasteiger partial charge in [0.1, 0.15) is 0 Å². The summed E-state index contributed by atoms with van der Waals surface area (Å²) >= 11 is 0. The van der Waals surface area contributed by atoms with Crippen LogP contribution in [0.2, 0.25) is 0 Å². The monoisotopic (exact) mass is 331 g/mol. The van der Waals surface area contributed by atoms with E-state index in [1.165, 1.54) is 4.31 Å². The molecule has 2 N–H and O–H groups in total. The first kappa shape index (κ1) is 15.7. The van der Waals surface area contributed by atoms with Crippen molar-refractivity contribution in [2.45, 2.75) is 13.0 Å². The first-order valence-electron chi connectivity index (χ1n) is 7.25. The second-order valence-electron chi connectivity index (χ2n) is 5.28. The van der Waals surface area contributed by atoms with Gasteiger partial charge in [0.2, 0.25) is 0 Å². The molecule has 0 aliphatic carbocycles. The molecule has 1 amide bonds. The number of hydrogen-bond donors (Lipinski definition) is 2. The van der Waals surface area contributed by atoms with Gasteiger partial charge in [0, 0.05) is 18.7 Å². The van der Waals surface area contributed by atoms with E-state index in [0.717, 1.165) is 11.1 Å². The number of nitrogens with zero attached hydrogens (tertiary/aromatic N) is 1. The van der Waals surface area contributed by atoms with Gasteiger partial charge < -0.3 is 0 Å². The smallest absolute Gasteiger partial charge is 0.273 e. The minimum atomic E-state index is -3.78. The summed E-state index contributed by atoms with van der Waals surface area (Å²) in [5, 5.41) is 0. The lowest BCUT2D eigenvalue weighted by atomic mass is 10.0. The third-order valence-corrected chi connectivity index (χ3v) is 5.12. The van der Waals surface area contributed by atoms with Crippen molar-refractivity contribution in [1.29, 1.82) is 0 Å². The molecule has 23 heavy (non-hydrogen) atoms. The predicted octanol–water partition coefficient (Wildman–Crippen LogP) is 1.22. The van der Waals surface area contributed by atoms with Gasteiger partial charge in [-0.2, -0.15) is 12.7 Å². The third kappa shape index (κ3) is 3.58. The van der Waals surface area contributed by atoms with Crippen molar-refractivity contribution in [1.82, 2.24) is 14.6 Å². The first-order valence-corrected chi connectivity index (χ1v) is 8.69. The zero-order chi connectivity index (χ0) is 16.3. The average molecular weight is 331 g/mol. The van der Waals surface area contributed by atoms with Crippen molar-refractivity contribution >= 4 is 16.1 Å². The summed E-state index contributed by atoms with van der Waals surface area (Å²) in [6, 6.07) is 16.2. The van der Waals surface area contributed by atoms with E-state index in [1.807, 2.05) is 24.3 Å². The molecule has 0 aromatic heterocycles. The molecule has 0 unspecified atom stereocenters. The number of nitrogens with one attached hydrogen (secondary N) is 2. The molecule has 0 spiro atoms. The van der Waals surface area contributed by atoms with Gasteiger partial charge in [-0.25, -0.2) is 0 Å². The van der Waals surface area contributed by atoms with Crippen LogP contribution in [-0.4, -0.2) is 25.2 Å². The molecule has 7 heteroatoms. The quantitative estimate of drug-likeness (QED) is 0.827. The van der Waals surface area contributed by atoms with E-state index in [1.54, 1.807) is 30.3 Å². The van der Waals surface area contributed by atoms with Gasteiger partial charge >= 0.3 is 0 Å². The van der Waals surface area contributed by atoms with Gasteiger partial charge in [-0.05, 0) is 29.7 Å². The number of amides is 1. The summed E-state index contributed by atoms with van der Waals surface area (Å²) < 4.78 is 26.0. The number of carbonyl (C=O) groups excluding carboxylic acids is 1. The fourth-order valence-corrected chi connectivity index (χ4v) is 3.50. The molecular formula is C16H17N3O3S. The average Bonchev–Trinajstić information content (AvgIpc) is 2.60. The minimum absolute atomic E-state index is 0.298. The molecule has 6 nitrogen and oxygen atoms in total. The normalized spacial score (nSPS) is 15.0. The van der Waals surface area contributed by atoms with Gasteiger partial charge in [-0.15, -0.1) is 4.83 Å². The van der Waals surface area contributed by atoms with Crippen molar-refractivity contribution in [3.63, 3.8) is 0 Å². The summed E-state index contributed by atoms with van der Waals surface area (Å²) in [6.45, 7) is 0.681. The highest BCUT2D eigenvalue weighted by molar-refractivity contribution is 7.87. The van der Waals surface area contributed by atoms with Crippen molar-refractivity contribution < 1.29 is 13.2 Å². The Morgan fingerprint density at radius 3 is 2.35 bits per heavy atom. The van der Waals surface area contributed by atoms with Crippen molar-refractivity contribution in [3.8, 4) is 0 Å². The van der Waals surface area contributed by atoms with E-state index in [0.29, 0.717) is 25.1 Å². The number of hydrogen-bond acceptors (Lipinski definition) is 3. The maximum atomic E-state index is 12.3. The van der Waals surface area contributed by atoms with Gasteiger partial charge in [0.15, 0.2) is 0 Å². The number of carbonyl (C=O) groups is 1. The Bertz CT molecular complexity index is 806. The second-order valence-corrected chi connectivity index (χ2v) is 6.95. The Labute approximate surface area is 135 Å². The van der Waals surface area contributed by atoms with Crippen LogP contribution in [0.3, 0.4) is 0 Å². The van der Waals surface area contributed by atoms with Gasteiger partial charge in [0.25, 0.3) is 16.1 Å². The van der Waals surface area contributed by atoms with E-state index < -0.39 is 16.1 Å². The molecule has 3 rings (SSSR count). The van der Waals surface area contributed by atoms with Crippen LogP contribution >= 0.6 is 0 Å². The zero-order valence-electron chi connectivity index (χ0n) is 12.4. The van der Waals surface area contributed by atoms with E-state index >= 15 is 0 Å².